The number of hydrogen-bond acceptors (Lipinski definition) is 6. The van der Waals surface area contributed by atoms with E-state index in [4.69, 9.17) is 9.72 Å². The number of fused-ring (bicyclic) bond motifs is 2. The third-order valence-electron chi connectivity index (χ3n) is 5.28. The topological polar surface area (TPSA) is 72.4 Å². The molecule has 4 heterocycles. The van der Waals surface area contributed by atoms with Crippen molar-refractivity contribution in [1.29, 1.82) is 0 Å². The van der Waals surface area contributed by atoms with Crippen LogP contribution in [0.25, 0.3) is 10.3 Å². The zero-order valence-corrected chi connectivity index (χ0v) is 16.3. The van der Waals surface area contributed by atoms with Crippen molar-refractivity contribution >= 4 is 31.7 Å². The lowest BCUT2D eigenvalue weighted by molar-refractivity contribution is 0.319. The first-order valence-electron chi connectivity index (χ1n) is 9.08. The van der Waals surface area contributed by atoms with E-state index in [0.717, 1.165) is 45.9 Å². The second-order valence-corrected chi connectivity index (χ2v) is 9.87. The molecule has 0 amide bonds. The molecule has 5 rings (SSSR count). The second-order valence-electron chi connectivity index (χ2n) is 6.93. The van der Waals surface area contributed by atoms with E-state index in [1.165, 1.54) is 0 Å². The number of pyridine rings is 1. The molecule has 2 aliphatic heterocycles. The Hall–Kier alpha value is -2.03. The van der Waals surface area contributed by atoms with Crippen molar-refractivity contribution in [3.63, 3.8) is 0 Å². The van der Waals surface area contributed by atoms with Crippen LogP contribution < -0.4 is 4.74 Å². The standard InChI is InChI=1S/C19H19N3O3S2/c23-27(24,15-3-4-17-14(12-15)7-11-25-17)22-9-5-13(6-10-22)18-21-16-2-1-8-20-19(16)26-18/h1-4,8,12-13H,5-7,9-11H2. The van der Waals surface area contributed by atoms with Crippen LogP contribution in [0.3, 0.4) is 0 Å². The number of hydrogen-bond donors (Lipinski definition) is 0. The van der Waals surface area contributed by atoms with E-state index in [1.807, 2.05) is 12.1 Å². The number of piperidine rings is 1. The molecule has 0 radical (unpaired) electrons. The van der Waals surface area contributed by atoms with E-state index < -0.39 is 10.0 Å². The Bertz CT molecular complexity index is 1070. The van der Waals surface area contributed by atoms with E-state index in [-0.39, 0.29) is 0 Å². The highest BCUT2D eigenvalue weighted by atomic mass is 32.2. The highest BCUT2D eigenvalue weighted by Crippen LogP contribution is 2.35. The molecule has 0 N–H and O–H groups in total. The minimum Gasteiger partial charge on any atom is -0.493 e. The van der Waals surface area contributed by atoms with Crippen LogP contribution in [-0.2, 0) is 16.4 Å². The van der Waals surface area contributed by atoms with Gasteiger partial charge in [-0.3, -0.25) is 0 Å². The van der Waals surface area contributed by atoms with Crippen molar-refractivity contribution in [2.45, 2.75) is 30.1 Å². The largest absolute Gasteiger partial charge is 0.493 e. The Morgan fingerprint density at radius 2 is 2.04 bits per heavy atom. The normalized spacial score (nSPS) is 18.5. The molecule has 27 heavy (non-hydrogen) atoms. The van der Waals surface area contributed by atoms with Crippen LogP contribution >= 0.6 is 11.3 Å². The van der Waals surface area contributed by atoms with Gasteiger partial charge in [0.1, 0.15) is 16.1 Å². The summed E-state index contributed by atoms with van der Waals surface area (Å²) in [6.45, 7) is 1.66. The van der Waals surface area contributed by atoms with Crippen molar-refractivity contribution in [1.82, 2.24) is 14.3 Å². The van der Waals surface area contributed by atoms with E-state index in [1.54, 1.807) is 40.0 Å². The second kappa shape index (κ2) is 6.54. The van der Waals surface area contributed by atoms with E-state index >= 15 is 0 Å². The molecular weight excluding hydrogens is 382 g/mol. The molecule has 0 bridgehead atoms. The number of benzene rings is 1. The maximum absolute atomic E-state index is 13.0. The first-order chi connectivity index (χ1) is 13.1. The van der Waals surface area contributed by atoms with Crippen molar-refractivity contribution in [2.24, 2.45) is 0 Å². The van der Waals surface area contributed by atoms with Crippen LogP contribution in [0.2, 0.25) is 0 Å². The summed E-state index contributed by atoms with van der Waals surface area (Å²) in [5.41, 5.74) is 1.90. The fraction of sp³-hybridized carbons (Fsp3) is 0.368. The van der Waals surface area contributed by atoms with Gasteiger partial charge < -0.3 is 4.74 Å². The van der Waals surface area contributed by atoms with Gasteiger partial charge in [0.15, 0.2) is 0 Å². The van der Waals surface area contributed by atoms with Crippen molar-refractivity contribution in [3.05, 3.63) is 47.1 Å². The highest BCUT2D eigenvalue weighted by molar-refractivity contribution is 7.89. The van der Waals surface area contributed by atoms with E-state index in [9.17, 15) is 8.42 Å². The zero-order chi connectivity index (χ0) is 18.4. The minimum absolute atomic E-state index is 0.295. The third kappa shape index (κ3) is 3.01. The molecule has 1 aromatic carbocycles. The predicted molar refractivity (Wildman–Crippen MR) is 104 cm³/mol. The highest BCUT2D eigenvalue weighted by Gasteiger charge is 2.32. The fourth-order valence-electron chi connectivity index (χ4n) is 3.78. The molecule has 2 aromatic heterocycles. The predicted octanol–water partition coefficient (Wildman–Crippen LogP) is 3.19. The lowest BCUT2D eigenvalue weighted by Gasteiger charge is -2.30. The number of aromatic nitrogens is 2. The van der Waals surface area contributed by atoms with Crippen LogP contribution in [0.1, 0.15) is 29.3 Å². The smallest absolute Gasteiger partial charge is 0.243 e. The molecule has 1 saturated heterocycles. The molecule has 3 aromatic rings. The van der Waals surface area contributed by atoms with Crippen molar-refractivity contribution in [2.75, 3.05) is 19.7 Å². The van der Waals surface area contributed by atoms with Crippen LogP contribution in [0.5, 0.6) is 5.75 Å². The molecule has 0 saturated carbocycles. The monoisotopic (exact) mass is 401 g/mol. The summed E-state index contributed by atoms with van der Waals surface area (Å²) in [4.78, 5) is 10.4. The summed E-state index contributed by atoms with van der Waals surface area (Å²) < 4.78 is 33.2. The lowest BCUT2D eigenvalue weighted by atomic mass is 9.99. The van der Waals surface area contributed by atoms with Crippen LogP contribution in [0.4, 0.5) is 0 Å². The molecule has 8 heteroatoms. The quantitative estimate of drug-likeness (QED) is 0.674. The molecule has 0 atom stereocenters. The van der Waals surface area contributed by atoms with Gasteiger partial charge in [0, 0.05) is 31.6 Å². The molecule has 6 nitrogen and oxygen atoms in total. The van der Waals surface area contributed by atoms with Gasteiger partial charge in [0.05, 0.1) is 16.5 Å². The maximum atomic E-state index is 13.0. The van der Waals surface area contributed by atoms with Gasteiger partial charge in [-0.1, -0.05) is 11.3 Å². The summed E-state index contributed by atoms with van der Waals surface area (Å²) >= 11 is 1.62. The number of ether oxygens (including phenoxy) is 1. The molecule has 140 valence electrons. The first kappa shape index (κ1) is 17.1. The van der Waals surface area contributed by atoms with E-state index in [0.29, 0.717) is 30.5 Å². The van der Waals surface area contributed by atoms with Crippen LogP contribution in [0, 0.1) is 0 Å². The SMILES string of the molecule is O=S(=O)(c1ccc2c(c1)CCO2)N1CCC(c2nc3cccnc3s2)CC1. The summed E-state index contributed by atoms with van der Waals surface area (Å²) in [5, 5.41) is 1.07. The zero-order valence-electron chi connectivity index (χ0n) is 14.7. The number of rotatable bonds is 3. The van der Waals surface area contributed by atoms with Gasteiger partial charge >= 0.3 is 0 Å². The number of nitrogens with zero attached hydrogens (tertiary/aromatic N) is 3. The molecule has 2 aliphatic rings. The molecular formula is C19H19N3O3S2. The molecule has 0 unspecified atom stereocenters. The maximum Gasteiger partial charge on any atom is 0.243 e. The Kier molecular flexibility index (Phi) is 4.14. The average Bonchev–Trinajstić information content (AvgIpc) is 3.34. The summed E-state index contributed by atoms with van der Waals surface area (Å²) in [7, 11) is -3.47. The number of sulfonamides is 1. The van der Waals surface area contributed by atoms with Crippen LogP contribution in [0.15, 0.2) is 41.4 Å². The van der Waals surface area contributed by atoms with Gasteiger partial charge in [-0.2, -0.15) is 4.31 Å². The van der Waals surface area contributed by atoms with Gasteiger partial charge in [-0.05, 0) is 48.7 Å². The Morgan fingerprint density at radius 3 is 2.85 bits per heavy atom. The van der Waals surface area contributed by atoms with E-state index in [2.05, 4.69) is 4.98 Å². The molecule has 0 aliphatic carbocycles. The van der Waals surface area contributed by atoms with Crippen molar-refractivity contribution in [3.8, 4) is 5.75 Å². The van der Waals surface area contributed by atoms with Gasteiger partial charge in [0.2, 0.25) is 10.0 Å². The minimum atomic E-state index is -3.47. The fourth-order valence-corrected chi connectivity index (χ4v) is 6.37. The summed E-state index contributed by atoms with van der Waals surface area (Å²) in [6, 6.07) is 9.06. The van der Waals surface area contributed by atoms with Gasteiger partial charge in [-0.25, -0.2) is 18.4 Å². The first-order valence-corrected chi connectivity index (χ1v) is 11.3. The molecule has 1 fully saturated rings. The van der Waals surface area contributed by atoms with Gasteiger partial charge in [0.25, 0.3) is 0 Å². The number of thiazole rings is 1. The Balaban J connectivity index is 1.33. The van der Waals surface area contributed by atoms with Crippen LogP contribution in [-0.4, -0.2) is 42.4 Å². The lowest BCUT2D eigenvalue weighted by Crippen LogP contribution is -2.37. The summed E-state index contributed by atoms with van der Waals surface area (Å²) in [6.07, 6.45) is 4.12. The van der Waals surface area contributed by atoms with Gasteiger partial charge in [-0.15, -0.1) is 0 Å². The third-order valence-corrected chi connectivity index (χ3v) is 8.32. The van der Waals surface area contributed by atoms with Crippen molar-refractivity contribution < 1.29 is 13.2 Å². The average molecular weight is 402 g/mol. The molecule has 0 spiro atoms. The summed E-state index contributed by atoms with van der Waals surface area (Å²) in [5.74, 6) is 1.10. The Morgan fingerprint density at radius 1 is 1.19 bits per heavy atom. The Labute approximate surface area is 161 Å².